The number of hydrogen-bond donors (Lipinski definition) is 2. The summed E-state index contributed by atoms with van der Waals surface area (Å²) < 4.78 is 0. The second-order valence-electron chi connectivity index (χ2n) is 5.55. The topological polar surface area (TPSA) is 41.1 Å². The second-order valence-corrected chi connectivity index (χ2v) is 5.55. The van der Waals surface area contributed by atoms with Gasteiger partial charge in [-0.1, -0.05) is 39.0 Å². The molecule has 18 heavy (non-hydrogen) atoms. The molecule has 0 unspecified atom stereocenters. The largest absolute Gasteiger partial charge is 0.326 e. The fourth-order valence-corrected chi connectivity index (χ4v) is 1.88. The molecule has 1 amide bonds. The van der Waals surface area contributed by atoms with Crippen molar-refractivity contribution < 1.29 is 4.79 Å². The van der Waals surface area contributed by atoms with Crippen LogP contribution in [0, 0.1) is 0 Å². The first-order valence-electron chi connectivity index (χ1n) is 6.49. The molecule has 0 atom stereocenters. The molecule has 0 heterocycles. The van der Waals surface area contributed by atoms with Crippen molar-refractivity contribution in [2.24, 2.45) is 0 Å². The zero-order valence-electron chi connectivity index (χ0n) is 11.8. The summed E-state index contributed by atoms with van der Waals surface area (Å²) in [4.78, 5) is 11.8. The minimum atomic E-state index is 0.0366. The van der Waals surface area contributed by atoms with Crippen molar-refractivity contribution in [3.8, 4) is 0 Å². The monoisotopic (exact) mass is 248 g/mol. The molecule has 3 heteroatoms. The van der Waals surface area contributed by atoms with Crippen molar-refractivity contribution in [3.63, 3.8) is 0 Å². The van der Waals surface area contributed by atoms with E-state index in [4.69, 9.17) is 0 Å². The quantitative estimate of drug-likeness (QED) is 0.787. The third-order valence-corrected chi connectivity index (χ3v) is 2.84. The summed E-state index contributed by atoms with van der Waals surface area (Å²) in [7, 11) is 1.90. The third-order valence-electron chi connectivity index (χ3n) is 2.84. The van der Waals surface area contributed by atoms with Crippen molar-refractivity contribution in [2.45, 2.75) is 39.0 Å². The molecule has 0 aliphatic heterocycles. The number of nitrogens with one attached hydrogen (secondary N) is 2. The molecule has 2 N–H and O–H groups in total. The molecule has 0 bridgehead atoms. The normalized spacial score (nSPS) is 11.3. The Hall–Kier alpha value is -1.35. The van der Waals surface area contributed by atoms with Gasteiger partial charge in [-0.2, -0.15) is 0 Å². The molecule has 1 rings (SSSR count). The minimum absolute atomic E-state index is 0.0366. The van der Waals surface area contributed by atoms with E-state index in [1.54, 1.807) is 0 Å². The van der Waals surface area contributed by atoms with Crippen LogP contribution in [-0.2, 0) is 10.2 Å². The van der Waals surface area contributed by atoms with E-state index in [-0.39, 0.29) is 11.3 Å². The van der Waals surface area contributed by atoms with Gasteiger partial charge < -0.3 is 10.6 Å². The Kier molecular flexibility index (Phi) is 5.35. The molecule has 0 aliphatic rings. The number of carbonyl (C=O) groups is 1. The zero-order chi connectivity index (χ0) is 13.6. The van der Waals surface area contributed by atoms with E-state index >= 15 is 0 Å². The molecule has 0 aromatic heterocycles. The molecule has 1 aromatic carbocycles. The maximum Gasteiger partial charge on any atom is 0.224 e. The van der Waals surface area contributed by atoms with E-state index in [0.29, 0.717) is 6.42 Å². The highest BCUT2D eigenvalue weighted by molar-refractivity contribution is 5.91. The summed E-state index contributed by atoms with van der Waals surface area (Å²) in [5, 5.41) is 6.05. The Balaban J connectivity index is 2.70. The Labute approximate surface area is 110 Å². The fourth-order valence-electron chi connectivity index (χ4n) is 1.88. The number of hydrogen-bond acceptors (Lipinski definition) is 2. The second kappa shape index (κ2) is 6.55. The molecule has 3 nitrogen and oxygen atoms in total. The standard InChI is InChI=1S/C15H24N2O/c1-15(2,3)12-8-5-6-9-13(12)17-14(18)10-7-11-16-4/h5-6,8-9,16H,7,10-11H2,1-4H3,(H,17,18). The summed E-state index contributed by atoms with van der Waals surface area (Å²) in [6.45, 7) is 7.32. The number of anilines is 1. The number of carbonyl (C=O) groups excluding carboxylic acids is 1. The van der Waals surface area contributed by atoms with Gasteiger partial charge in [0.15, 0.2) is 0 Å². The van der Waals surface area contributed by atoms with Crippen LogP contribution in [0.3, 0.4) is 0 Å². The summed E-state index contributed by atoms with van der Waals surface area (Å²) in [5.74, 6) is 0.0851. The van der Waals surface area contributed by atoms with Crippen LogP contribution in [0.1, 0.15) is 39.2 Å². The highest BCUT2D eigenvalue weighted by Crippen LogP contribution is 2.29. The lowest BCUT2D eigenvalue weighted by atomic mass is 9.86. The van der Waals surface area contributed by atoms with Gasteiger partial charge in [-0.15, -0.1) is 0 Å². The minimum Gasteiger partial charge on any atom is -0.326 e. The van der Waals surface area contributed by atoms with Crippen LogP contribution in [-0.4, -0.2) is 19.5 Å². The van der Waals surface area contributed by atoms with Gasteiger partial charge in [-0.25, -0.2) is 0 Å². The lowest BCUT2D eigenvalue weighted by Gasteiger charge is -2.23. The summed E-state index contributed by atoms with van der Waals surface area (Å²) in [6.07, 6.45) is 1.42. The number of amides is 1. The first kappa shape index (κ1) is 14.7. The lowest BCUT2D eigenvalue weighted by molar-refractivity contribution is -0.116. The van der Waals surface area contributed by atoms with E-state index < -0.39 is 0 Å². The Morgan fingerprint density at radius 3 is 2.50 bits per heavy atom. The molecule has 0 aliphatic carbocycles. The zero-order valence-corrected chi connectivity index (χ0v) is 11.8. The summed E-state index contributed by atoms with van der Waals surface area (Å²) >= 11 is 0. The van der Waals surface area contributed by atoms with Crippen molar-refractivity contribution in [1.82, 2.24) is 5.32 Å². The average Bonchev–Trinajstić information content (AvgIpc) is 2.28. The third kappa shape index (κ3) is 4.49. The van der Waals surface area contributed by atoms with Gasteiger partial charge in [0, 0.05) is 12.1 Å². The Bertz CT molecular complexity index is 394. The van der Waals surface area contributed by atoms with E-state index in [1.807, 2.05) is 25.2 Å². The highest BCUT2D eigenvalue weighted by atomic mass is 16.1. The predicted octanol–water partition coefficient (Wildman–Crippen LogP) is 2.92. The Morgan fingerprint density at radius 2 is 1.89 bits per heavy atom. The number of para-hydroxylation sites is 1. The molecule has 0 saturated heterocycles. The van der Waals surface area contributed by atoms with Crippen LogP contribution in [0.15, 0.2) is 24.3 Å². The molecule has 0 radical (unpaired) electrons. The summed E-state index contributed by atoms with van der Waals surface area (Å²) in [5.41, 5.74) is 2.14. The van der Waals surface area contributed by atoms with Gasteiger partial charge >= 0.3 is 0 Å². The maximum absolute atomic E-state index is 11.8. The van der Waals surface area contributed by atoms with Gasteiger partial charge in [-0.05, 0) is 37.1 Å². The van der Waals surface area contributed by atoms with Gasteiger partial charge in [-0.3, -0.25) is 4.79 Å². The molecule has 1 aromatic rings. The first-order chi connectivity index (χ1) is 8.45. The SMILES string of the molecule is CNCCCC(=O)Nc1ccccc1C(C)(C)C. The molecule has 100 valence electrons. The molecular formula is C15H24N2O. The first-order valence-corrected chi connectivity index (χ1v) is 6.49. The molecule has 0 spiro atoms. The smallest absolute Gasteiger partial charge is 0.224 e. The van der Waals surface area contributed by atoms with Crippen LogP contribution in [0.4, 0.5) is 5.69 Å². The number of rotatable bonds is 5. The van der Waals surface area contributed by atoms with E-state index in [9.17, 15) is 4.79 Å². The van der Waals surface area contributed by atoms with Crippen molar-refractivity contribution in [1.29, 1.82) is 0 Å². The van der Waals surface area contributed by atoms with Crippen LogP contribution < -0.4 is 10.6 Å². The van der Waals surface area contributed by atoms with Crippen LogP contribution in [0.5, 0.6) is 0 Å². The van der Waals surface area contributed by atoms with Crippen molar-refractivity contribution in [3.05, 3.63) is 29.8 Å². The maximum atomic E-state index is 11.8. The van der Waals surface area contributed by atoms with E-state index in [2.05, 4.69) is 37.5 Å². The number of benzene rings is 1. The fraction of sp³-hybridized carbons (Fsp3) is 0.533. The van der Waals surface area contributed by atoms with Gasteiger partial charge in [0.25, 0.3) is 0 Å². The van der Waals surface area contributed by atoms with Crippen LogP contribution in [0.2, 0.25) is 0 Å². The summed E-state index contributed by atoms with van der Waals surface area (Å²) in [6, 6.07) is 8.01. The highest BCUT2D eigenvalue weighted by Gasteiger charge is 2.18. The molecular weight excluding hydrogens is 224 g/mol. The van der Waals surface area contributed by atoms with Crippen LogP contribution in [0.25, 0.3) is 0 Å². The van der Waals surface area contributed by atoms with Gasteiger partial charge in [0.05, 0.1) is 0 Å². The van der Waals surface area contributed by atoms with Crippen molar-refractivity contribution >= 4 is 11.6 Å². The van der Waals surface area contributed by atoms with Crippen LogP contribution >= 0.6 is 0 Å². The molecule has 0 saturated carbocycles. The predicted molar refractivity (Wildman–Crippen MR) is 76.9 cm³/mol. The van der Waals surface area contributed by atoms with Crippen molar-refractivity contribution in [2.75, 3.05) is 18.9 Å². The van der Waals surface area contributed by atoms with Gasteiger partial charge in [0.2, 0.25) is 5.91 Å². The molecule has 0 fully saturated rings. The van der Waals surface area contributed by atoms with E-state index in [0.717, 1.165) is 18.7 Å². The van der Waals surface area contributed by atoms with Gasteiger partial charge in [0.1, 0.15) is 0 Å². The lowest BCUT2D eigenvalue weighted by Crippen LogP contribution is -2.19. The van der Waals surface area contributed by atoms with E-state index in [1.165, 1.54) is 5.56 Å². The average molecular weight is 248 g/mol. The Morgan fingerprint density at radius 1 is 1.22 bits per heavy atom.